The summed E-state index contributed by atoms with van der Waals surface area (Å²) in [4.78, 5) is -2.28. The van der Waals surface area contributed by atoms with Crippen molar-refractivity contribution in [1.29, 1.82) is 0 Å². The van der Waals surface area contributed by atoms with Crippen LogP contribution >= 0.6 is 0 Å². The fourth-order valence-corrected chi connectivity index (χ4v) is 3.87. The number of rotatable bonds is 4. The zero-order chi connectivity index (χ0) is 18.3. The van der Waals surface area contributed by atoms with Crippen LogP contribution in [0.25, 0.3) is 0 Å². The van der Waals surface area contributed by atoms with Crippen LogP contribution in [0.5, 0.6) is 0 Å². The van der Waals surface area contributed by atoms with Gasteiger partial charge in [0, 0.05) is 6.07 Å². The maximum Gasteiger partial charge on any atom is 0.294 e. The zero-order valence-electron chi connectivity index (χ0n) is 11.5. The highest BCUT2D eigenvalue weighted by Gasteiger charge is 2.30. The summed E-state index contributed by atoms with van der Waals surface area (Å²) in [7, 11) is -9.32. The first kappa shape index (κ1) is 18.4. The van der Waals surface area contributed by atoms with Gasteiger partial charge in [-0.3, -0.25) is 4.55 Å². The Balaban J connectivity index is 2.47. The van der Waals surface area contributed by atoms with E-state index in [4.69, 9.17) is 4.55 Å². The second-order valence-electron chi connectivity index (χ2n) is 4.68. The monoisotopic (exact) mass is 384 g/mol. The van der Waals surface area contributed by atoms with Crippen LogP contribution in [-0.2, 0) is 25.7 Å². The van der Waals surface area contributed by atoms with Crippen LogP contribution in [-0.4, -0.2) is 21.4 Å². The molecule has 0 aliphatic carbocycles. The molecule has 0 saturated heterocycles. The van der Waals surface area contributed by atoms with Gasteiger partial charge in [-0.2, -0.15) is 8.42 Å². The lowest BCUT2D eigenvalue weighted by molar-refractivity contribution is 0.419. The Morgan fingerprint density at radius 1 is 0.833 bits per heavy atom. The van der Waals surface area contributed by atoms with Crippen molar-refractivity contribution in [2.45, 2.75) is 15.5 Å². The van der Waals surface area contributed by atoms with Gasteiger partial charge < -0.3 is 0 Å². The van der Waals surface area contributed by atoms with Gasteiger partial charge in [0.1, 0.15) is 4.90 Å². The van der Waals surface area contributed by atoms with Crippen LogP contribution in [0.4, 0.5) is 17.6 Å². The highest BCUT2D eigenvalue weighted by atomic mass is 32.2. The van der Waals surface area contributed by atoms with E-state index in [0.29, 0.717) is 0 Å². The molecule has 130 valence electrons. The molecule has 0 atom stereocenters. The smallest absolute Gasteiger partial charge is 0.282 e. The van der Waals surface area contributed by atoms with Crippen LogP contribution in [0.15, 0.2) is 40.1 Å². The second-order valence-corrected chi connectivity index (χ2v) is 8.02. The number of hydrogen-bond acceptors (Lipinski definition) is 4. The molecule has 24 heavy (non-hydrogen) atoms. The molecule has 0 fully saturated rings. The van der Waals surface area contributed by atoms with Gasteiger partial charge in [-0.15, -0.1) is 0 Å². The predicted octanol–water partition coefficient (Wildman–Crippen LogP) is 2.46. The molecule has 0 aliphatic rings. The SMILES string of the molecule is O=S(=O)(O)c1ccc(CS(=O)(=O)c2c(F)c(F)cc(F)c2F)cc1. The third-order valence-corrected chi connectivity index (χ3v) is 5.52. The average molecular weight is 384 g/mol. The molecule has 0 saturated carbocycles. The minimum atomic E-state index is -4.81. The molecule has 1 N–H and O–H groups in total. The summed E-state index contributed by atoms with van der Waals surface area (Å²) in [5, 5.41) is 0. The third kappa shape index (κ3) is 3.57. The molecule has 2 aromatic rings. The molecule has 0 amide bonds. The lowest BCUT2D eigenvalue weighted by Crippen LogP contribution is -2.13. The Hall–Kier alpha value is -1.98. The fourth-order valence-electron chi connectivity index (χ4n) is 1.87. The maximum atomic E-state index is 13.6. The van der Waals surface area contributed by atoms with Crippen LogP contribution in [0.3, 0.4) is 0 Å². The molecule has 0 heterocycles. The molecule has 2 aromatic carbocycles. The largest absolute Gasteiger partial charge is 0.294 e. The summed E-state index contributed by atoms with van der Waals surface area (Å²) in [5.41, 5.74) is -0.120. The lowest BCUT2D eigenvalue weighted by atomic mass is 10.2. The van der Waals surface area contributed by atoms with Gasteiger partial charge >= 0.3 is 0 Å². The Kier molecular flexibility index (Phi) is 4.70. The van der Waals surface area contributed by atoms with Gasteiger partial charge in [-0.05, 0) is 17.7 Å². The van der Waals surface area contributed by atoms with Crippen molar-refractivity contribution >= 4 is 20.0 Å². The third-order valence-electron chi connectivity index (χ3n) is 2.96. The van der Waals surface area contributed by atoms with Crippen molar-refractivity contribution in [3.63, 3.8) is 0 Å². The Bertz CT molecular complexity index is 973. The second kappa shape index (κ2) is 6.15. The normalized spacial score (nSPS) is 12.4. The Morgan fingerprint density at radius 3 is 1.71 bits per heavy atom. The van der Waals surface area contributed by atoms with Crippen molar-refractivity contribution in [3.05, 3.63) is 59.2 Å². The summed E-state index contributed by atoms with van der Waals surface area (Å²) in [6.07, 6.45) is 0. The van der Waals surface area contributed by atoms with Crippen LogP contribution in [0, 0.1) is 23.3 Å². The van der Waals surface area contributed by atoms with Crippen LogP contribution in [0.1, 0.15) is 5.56 Å². The Morgan fingerprint density at radius 2 is 1.29 bits per heavy atom. The van der Waals surface area contributed by atoms with Crippen molar-refractivity contribution in [2.75, 3.05) is 0 Å². The highest BCUT2D eigenvalue weighted by molar-refractivity contribution is 7.90. The fraction of sp³-hybridized carbons (Fsp3) is 0.0769. The molecule has 5 nitrogen and oxygen atoms in total. The quantitative estimate of drug-likeness (QED) is 0.497. The molecular weight excluding hydrogens is 376 g/mol. The van der Waals surface area contributed by atoms with E-state index in [0.717, 1.165) is 24.3 Å². The van der Waals surface area contributed by atoms with E-state index in [-0.39, 0.29) is 11.6 Å². The van der Waals surface area contributed by atoms with E-state index in [2.05, 4.69) is 0 Å². The lowest BCUT2D eigenvalue weighted by Gasteiger charge is -2.09. The summed E-state index contributed by atoms with van der Waals surface area (Å²) >= 11 is 0. The molecule has 2 rings (SSSR count). The van der Waals surface area contributed by atoms with E-state index in [1.165, 1.54) is 0 Å². The summed E-state index contributed by atoms with van der Waals surface area (Å²) < 4.78 is 108. The number of halogens is 4. The van der Waals surface area contributed by atoms with Crippen LogP contribution in [0.2, 0.25) is 0 Å². The van der Waals surface area contributed by atoms with E-state index in [1.54, 1.807) is 0 Å². The maximum absolute atomic E-state index is 13.6. The Labute approximate surface area is 134 Å². The van der Waals surface area contributed by atoms with Gasteiger partial charge in [-0.1, -0.05) is 12.1 Å². The molecular formula is C13H8F4O5S2. The van der Waals surface area contributed by atoms with E-state index in [1.807, 2.05) is 0 Å². The summed E-state index contributed by atoms with van der Waals surface area (Å²) in [6, 6.07) is 3.53. The first-order valence-electron chi connectivity index (χ1n) is 6.05. The van der Waals surface area contributed by atoms with E-state index >= 15 is 0 Å². The number of benzene rings is 2. The minimum Gasteiger partial charge on any atom is -0.282 e. The molecule has 11 heteroatoms. The van der Waals surface area contributed by atoms with Crippen molar-refractivity contribution < 1.29 is 39.0 Å². The van der Waals surface area contributed by atoms with Gasteiger partial charge in [0.25, 0.3) is 10.1 Å². The first-order chi connectivity index (χ1) is 10.9. The standard InChI is InChI=1S/C13H8F4O5S2/c14-9-5-10(15)12(17)13(11(9)16)23(18,19)6-7-1-3-8(4-2-7)24(20,21)22/h1-5H,6H2,(H,20,21,22). The van der Waals surface area contributed by atoms with Gasteiger partial charge in [-0.25, -0.2) is 26.0 Å². The van der Waals surface area contributed by atoms with E-state index in [9.17, 15) is 34.4 Å². The molecule has 0 aliphatic heterocycles. The minimum absolute atomic E-state index is 0.120. The molecule has 0 bridgehead atoms. The topological polar surface area (TPSA) is 88.5 Å². The predicted molar refractivity (Wildman–Crippen MR) is 73.4 cm³/mol. The molecule has 0 unspecified atom stereocenters. The summed E-state index contributed by atoms with van der Waals surface area (Å²) in [6.45, 7) is 0. The zero-order valence-corrected chi connectivity index (χ0v) is 13.1. The molecule has 0 aromatic heterocycles. The number of hydrogen-bond donors (Lipinski definition) is 1. The van der Waals surface area contributed by atoms with Crippen molar-refractivity contribution in [3.8, 4) is 0 Å². The van der Waals surface area contributed by atoms with Crippen molar-refractivity contribution in [2.24, 2.45) is 0 Å². The molecule has 0 spiro atoms. The first-order valence-corrected chi connectivity index (χ1v) is 9.15. The molecule has 0 radical (unpaired) electrons. The summed E-state index contributed by atoms with van der Waals surface area (Å²) in [5.74, 6) is -8.88. The van der Waals surface area contributed by atoms with Crippen molar-refractivity contribution in [1.82, 2.24) is 0 Å². The van der Waals surface area contributed by atoms with Gasteiger partial charge in [0.2, 0.25) is 0 Å². The van der Waals surface area contributed by atoms with Gasteiger partial charge in [0.05, 0.1) is 10.6 Å². The van der Waals surface area contributed by atoms with Crippen LogP contribution < -0.4 is 0 Å². The average Bonchev–Trinajstić information content (AvgIpc) is 2.44. The van der Waals surface area contributed by atoms with E-state index < -0.39 is 58.8 Å². The van der Waals surface area contributed by atoms with Gasteiger partial charge in [0.15, 0.2) is 33.1 Å². The number of sulfone groups is 1. The highest BCUT2D eigenvalue weighted by Crippen LogP contribution is 2.27.